The number of hydrogen-bond donors (Lipinski definition) is 1. The summed E-state index contributed by atoms with van der Waals surface area (Å²) in [6.07, 6.45) is 0. The van der Waals surface area contributed by atoms with Gasteiger partial charge in [0.15, 0.2) is 11.5 Å². The Labute approximate surface area is 135 Å². The third kappa shape index (κ3) is 3.54. The van der Waals surface area contributed by atoms with Crippen LogP contribution in [-0.4, -0.2) is 5.78 Å². The number of halogens is 3. The van der Waals surface area contributed by atoms with Crippen LogP contribution in [0.3, 0.4) is 0 Å². The molecule has 0 unspecified atom stereocenters. The molecule has 6 heteroatoms. The monoisotopic (exact) mass is 371 g/mol. The van der Waals surface area contributed by atoms with Crippen molar-refractivity contribution in [3.05, 3.63) is 56.8 Å². The van der Waals surface area contributed by atoms with Gasteiger partial charge in [0.05, 0.1) is 16.3 Å². The summed E-state index contributed by atoms with van der Waals surface area (Å²) in [4.78, 5) is 11.7. The summed E-state index contributed by atoms with van der Waals surface area (Å²) in [5.41, 5.74) is 6.80. The van der Waals surface area contributed by atoms with Gasteiger partial charge in [-0.15, -0.1) is 0 Å². The second-order valence-electron chi connectivity index (χ2n) is 4.43. The first kappa shape index (κ1) is 15.8. The van der Waals surface area contributed by atoms with Gasteiger partial charge in [-0.05, 0) is 25.1 Å². The second-order valence-corrected chi connectivity index (χ2v) is 5.75. The number of nitrogens with two attached hydrogens (primary N) is 1. The molecule has 110 valence electrons. The van der Waals surface area contributed by atoms with E-state index in [0.717, 1.165) is 0 Å². The van der Waals surface area contributed by atoms with Crippen LogP contribution in [0.5, 0.6) is 5.75 Å². The maximum absolute atomic E-state index is 13.8. The molecule has 2 aromatic rings. The van der Waals surface area contributed by atoms with E-state index in [-0.39, 0.29) is 23.2 Å². The third-order valence-electron chi connectivity index (χ3n) is 2.87. The van der Waals surface area contributed by atoms with Gasteiger partial charge in [-0.25, -0.2) is 4.39 Å². The Morgan fingerprint density at radius 2 is 2.14 bits per heavy atom. The number of rotatable bonds is 4. The molecule has 3 nitrogen and oxygen atoms in total. The normalized spacial score (nSPS) is 10.5. The molecular formula is C15H12BrClFNO2. The van der Waals surface area contributed by atoms with Crippen LogP contribution < -0.4 is 10.5 Å². The van der Waals surface area contributed by atoms with Gasteiger partial charge >= 0.3 is 0 Å². The quantitative estimate of drug-likeness (QED) is 0.630. The number of anilines is 1. The number of Topliss-reactive ketones (excluding diaryl/α,β-unsaturated/α-hetero) is 1. The summed E-state index contributed by atoms with van der Waals surface area (Å²) in [5.74, 6) is -0.492. The molecule has 0 aromatic heterocycles. The van der Waals surface area contributed by atoms with E-state index in [1.165, 1.54) is 13.0 Å². The van der Waals surface area contributed by atoms with Crippen LogP contribution >= 0.6 is 27.5 Å². The Balaban J connectivity index is 2.32. The van der Waals surface area contributed by atoms with Gasteiger partial charge in [0, 0.05) is 10.0 Å². The topological polar surface area (TPSA) is 52.3 Å². The first-order chi connectivity index (χ1) is 9.90. The van der Waals surface area contributed by atoms with Crippen LogP contribution in [0.25, 0.3) is 0 Å². The number of carbonyl (C=O) groups is 1. The Bertz CT molecular complexity index is 706. The molecule has 0 aliphatic carbocycles. The predicted octanol–water partition coefficient (Wildman–Crippen LogP) is 4.61. The van der Waals surface area contributed by atoms with Gasteiger partial charge in [-0.3, -0.25) is 4.79 Å². The molecule has 0 heterocycles. The van der Waals surface area contributed by atoms with Crippen LogP contribution in [0.1, 0.15) is 22.8 Å². The molecule has 0 bridgehead atoms. The predicted molar refractivity (Wildman–Crippen MR) is 84.3 cm³/mol. The lowest BCUT2D eigenvalue weighted by Gasteiger charge is -2.13. The Kier molecular flexibility index (Phi) is 4.85. The van der Waals surface area contributed by atoms with Crippen LogP contribution in [0, 0.1) is 5.82 Å². The van der Waals surface area contributed by atoms with Crippen molar-refractivity contribution < 1.29 is 13.9 Å². The van der Waals surface area contributed by atoms with E-state index in [4.69, 9.17) is 22.1 Å². The number of benzene rings is 2. The van der Waals surface area contributed by atoms with E-state index in [9.17, 15) is 9.18 Å². The van der Waals surface area contributed by atoms with Crippen molar-refractivity contribution in [3.63, 3.8) is 0 Å². The molecule has 2 N–H and O–H groups in total. The first-order valence-corrected chi connectivity index (χ1v) is 7.23. The van der Waals surface area contributed by atoms with E-state index in [1.807, 2.05) is 0 Å². The van der Waals surface area contributed by atoms with E-state index < -0.39 is 5.82 Å². The van der Waals surface area contributed by atoms with Crippen molar-refractivity contribution in [3.8, 4) is 5.75 Å². The van der Waals surface area contributed by atoms with Crippen molar-refractivity contribution in [2.45, 2.75) is 13.5 Å². The minimum atomic E-state index is -0.542. The zero-order chi connectivity index (χ0) is 15.6. The van der Waals surface area contributed by atoms with Crippen molar-refractivity contribution in [2.75, 3.05) is 5.73 Å². The summed E-state index contributed by atoms with van der Waals surface area (Å²) in [7, 11) is 0. The van der Waals surface area contributed by atoms with Gasteiger partial charge in [0.25, 0.3) is 0 Å². The molecule has 0 fully saturated rings. The van der Waals surface area contributed by atoms with Crippen LogP contribution in [0.15, 0.2) is 34.8 Å². The Hall–Kier alpha value is -1.59. The lowest BCUT2D eigenvalue weighted by Crippen LogP contribution is -2.06. The zero-order valence-corrected chi connectivity index (χ0v) is 13.5. The number of ether oxygens (including phenoxy) is 1. The molecule has 2 aromatic carbocycles. The van der Waals surface area contributed by atoms with Gasteiger partial charge in [0.2, 0.25) is 0 Å². The van der Waals surface area contributed by atoms with E-state index in [2.05, 4.69) is 15.9 Å². The Morgan fingerprint density at radius 1 is 1.43 bits per heavy atom. The molecule has 0 radical (unpaired) electrons. The lowest BCUT2D eigenvalue weighted by atomic mass is 10.1. The summed E-state index contributed by atoms with van der Waals surface area (Å²) >= 11 is 8.98. The highest BCUT2D eigenvalue weighted by Gasteiger charge is 2.15. The lowest BCUT2D eigenvalue weighted by molar-refractivity contribution is 0.101. The average Bonchev–Trinajstić information content (AvgIpc) is 2.41. The SMILES string of the molecule is CC(=O)c1cc(Br)cc(N)c1OCc1cccc(Cl)c1F. The molecule has 0 amide bonds. The molecule has 0 atom stereocenters. The van der Waals surface area contributed by atoms with Crippen molar-refractivity contribution in [1.82, 2.24) is 0 Å². The fourth-order valence-electron chi connectivity index (χ4n) is 1.85. The van der Waals surface area contributed by atoms with Gasteiger partial charge in [-0.2, -0.15) is 0 Å². The number of nitrogen functional groups attached to an aromatic ring is 1. The first-order valence-electron chi connectivity index (χ1n) is 6.05. The highest BCUT2D eigenvalue weighted by molar-refractivity contribution is 9.10. The molecule has 0 spiro atoms. The maximum atomic E-state index is 13.8. The fourth-order valence-corrected chi connectivity index (χ4v) is 2.52. The highest BCUT2D eigenvalue weighted by atomic mass is 79.9. The van der Waals surface area contributed by atoms with E-state index in [1.54, 1.807) is 24.3 Å². The average molecular weight is 373 g/mol. The molecular weight excluding hydrogens is 361 g/mol. The maximum Gasteiger partial charge on any atom is 0.163 e. The van der Waals surface area contributed by atoms with Crippen molar-refractivity contribution in [1.29, 1.82) is 0 Å². The second kappa shape index (κ2) is 6.45. The largest absolute Gasteiger partial charge is 0.486 e. The molecule has 0 aliphatic rings. The molecule has 2 rings (SSSR count). The van der Waals surface area contributed by atoms with Gasteiger partial charge in [-0.1, -0.05) is 39.7 Å². The van der Waals surface area contributed by atoms with Crippen LogP contribution in [0.2, 0.25) is 5.02 Å². The van der Waals surface area contributed by atoms with Crippen molar-refractivity contribution >= 4 is 39.0 Å². The molecule has 0 aliphatic heterocycles. The van der Waals surface area contributed by atoms with Crippen molar-refractivity contribution in [2.24, 2.45) is 0 Å². The summed E-state index contributed by atoms with van der Waals surface area (Å²) in [5, 5.41) is 0.0201. The Morgan fingerprint density at radius 3 is 2.81 bits per heavy atom. The third-order valence-corrected chi connectivity index (χ3v) is 3.62. The number of carbonyl (C=O) groups excluding carboxylic acids is 1. The van der Waals surface area contributed by atoms with E-state index in [0.29, 0.717) is 21.3 Å². The summed E-state index contributed by atoms with van der Waals surface area (Å²) in [6, 6.07) is 7.87. The van der Waals surface area contributed by atoms with Crippen LogP contribution in [-0.2, 0) is 6.61 Å². The number of ketones is 1. The summed E-state index contributed by atoms with van der Waals surface area (Å²) < 4.78 is 20.0. The fraction of sp³-hybridized carbons (Fsp3) is 0.133. The highest BCUT2D eigenvalue weighted by Crippen LogP contribution is 2.32. The smallest absolute Gasteiger partial charge is 0.163 e. The van der Waals surface area contributed by atoms with Gasteiger partial charge in [0.1, 0.15) is 12.4 Å². The standard InChI is InChI=1S/C15H12BrClFNO2/c1-8(20)11-5-10(16)6-13(19)15(11)21-7-9-3-2-4-12(17)14(9)18/h2-6H,7,19H2,1H3. The summed E-state index contributed by atoms with van der Waals surface area (Å²) in [6.45, 7) is 1.34. The number of hydrogen-bond acceptors (Lipinski definition) is 3. The molecule has 0 saturated heterocycles. The minimum Gasteiger partial charge on any atom is -0.486 e. The van der Waals surface area contributed by atoms with E-state index >= 15 is 0 Å². The minimum absolute atomic E-state index is 0.0201. The zero-order valence-electron chi connectivity index (χ0n) is 11.1. The molecule has 21 heavy (non-hydrogen) atoms. The van der Waals surface area contributed by atoms with Crippen LogP contribution in [0.4, 0.5) is 10.1 Å². The molecule has 0 saturated carbocycles. The van der Waals surface area contributed by atoms with Gasteiger partial charge < -0.3 is 10.5 Å².